The maximum atomic E-state index is 14.2. The zero-order chi connectivity index (χ0) is 23.7. The first kappa shape index (κ1) is 23.2. The maximum absolute atomic E-state index is 14.2. The summed E-state index contributed by atoms with van der Waals surface area (Å²) in [4.78, 5) is 22.5. The Kier molecular flexibility index (Phi) is 6.65. The lowest BCUT2D eigenvalue weighted by atomic mass is 10.0. The first-order valence-electron chi connectivity index (χ1n) is 11.7. The molecule has 176 valence electrons. The molecule has 0 radical (unpaired) electrons. The van der Waals surface area contributed by atoms with Gasteiger partial charge in [-0.2, -0.15) is 5.10 Å². The Labute approximate surface area is 194 Å². The van der Waals surface area contributed by atoms with Gasteiger partial charge in [-0.05, 0) is 58.5 Å². The maximum Gasteiger partial charge on any atom is 0.253 e. The van der Waals surface area contributed by atoms with Gasteiger partial charge < -0.3 is 15.1 Å². The average molecular weight is 453 g/mol. The van der Waals surface area contributed by atoms with Gasteiger partial charge in [-0.25, -0.2) is 14.1 Å². The van der Waals surface area contributed by atoms with Gasteiger partial charge in [-0.1, -0.05) is 6.92 Å². The van der Waals surface area contributed by atoms with E-state index in [0.29, 0.717) is 11.3 Å². The molecule has 8 heteroatoms. The highest BCUT2D eigenvalue weighted by Gasteiger charge is 2.23. The molecule has 1 N–H and O–H groups in total. The molecule has 0 bridgehead atoms. The number of anilines is 1. The Morgan fingerprint density at radius 1 is 1.15 bits per heavy atom. The normalized spacial score (nSPS) is 15.9. The van der Waals surface area contributed by atoms with Gasteiger partial charge in [-0.3, -0.25) is 4.79 Å². The average Bonchev–Trinajstić information content (AvgIpc) is 3.21. The number of carbonyl (C=O) groups excluding carboxylic acids is 1. The smallest absolute Gasteiger partial charge is 0.253 e. The molecule has 1 unspecified atom stereocenters. The van der Waals surface area contributed by atoms with Crippen molar-refractivity contribution in [2.24, 2.45) is 0 Å². The molecule has 0 aliphatic carbocycles. The fraction of sp³-hybridized carbons (Fsp3) is 0.480. The number of fused-ring (bicyclic) bond motifs is 1. The second kappa shape index (κ2) is 9.47. The summed E-state index contributed by atoms with van der Waals surface area (Å²) < 4.78 is 16.1. The second-order valence-electron chi connectivity index (χ2n) is 9.04. The van der Waals surface area contributed by atoms with E-state index in [1.807, 2.05) is 44.5 Å². The predicted molar refractivity (Wildman–Crippen MR) is 129 cm³/mol. The summed E-state index contributed by atoms with van der Waals surface area (Å²) in [6, 6.07) is 6.51. The number of rotatable bonds is 6. The fourth-order valence-corrected chi connectivity index (χ4v) is 4.49. The van der Waals surface area contributed by atoms with Crippen molar-refractivity contribution in [2.75, 3.05) is 37.6 Å². The second-order valence-corrected chi connectivity index (χ2v) is 9.04. The van der Waals surface area contributed by atoms with Crippen molar-refractivity contribution < 1.29 is 9.18 Å². The molecule has 0 spiro atoms. The van der Waals surface area contributed by atoms with E-state index >= 15 is 0 Å². The van der Waals surface area contributed by atoms with Crippen molar-refractivity contribution in [2.45, 2.75) is 46.7 Å². The monoisotopic (exact) mass is 452 g/mol. The van der Waals surface area contributed by atoms with Crippen LogP contribution in [0.4, 0.5) is 10.1 Å². The van der Waals surface area contributed by atoms with Crippen LogP contribution < -0.4 is 10.2 Å². The highest BCUT2D eigenvalue weighted by Crippen LogP contribution is 2.29. The molecule has 1 aromatic carbocycles. The molecule has 7 nitrogen and oxygen atoms in total. The zero-order valence-corrected chi connectivity index (χ0v) is 20.1. The lowest BCUT2D eigenvalue weighted by Crippen LogP contribution is -2.46. The van der Waals surface area contributed by atoms with Crippen LogP contribution in [0, 0.1) is 12.7 Å². The van der Waals surface area contributed by atoms with E-state index in [4.69, 9.17) is 0 Å². The van der Waals surface area contributed by atoms with Crippen molar-refractivity contribution in [3.05, 3.63) is 53.1 Å². The van der Waals surface area contributed by atoms with Crippen LogP contribution in [0.25, 0.3) is 11.0 Å². The van der Waals surface area contributed by atoms with E-state index in [1.165, 1.54) is 12.1 Å². The first-order valence-corrected chi connectivity index (χ1v) is 11.7. The number of aromatic nitrogens is 3. The molecule has 33 heavy (non-hydrogen) atoms. The number of nitrogens with one attached hydrogen (secondary N) is 1. The first-order chi connectivity index (χ1) is 15.8. The van der Waals surface area contributed by atoms with E-state index in [9.17, 15) is 9.18 Å². The van der Waals surface area contributed by atoms with Crippen molar-refractivity contribution >= 4 is 22.6 Å². The predicted octanol–water partition coefficient (Wildman–Crippen LogP) is 4.09. The number of aryl methyl sites for hydroxylation is 1. The zero-order valence-electron chi connectivity index (χ0n) is 20.1. The van der Waals surface area contributed by atoms with Gasteiger partial charge in [-0.15, -0.1) is 0 Å². The number of hydrogen-bond acceptors (Lipinski definition) is 5. The molecule has 1 aliphatic heterocycles. The number of likely N-dealkylation sites (N-methyl/N-ethyl adjacent to an activating group) is 1. The van der Waals surface area contributed by atoms with Crippen LogP contribution in [0.3, 0.4) is 0 Å². The minimum atomic E-state index is -0.360. The minimum Gasteiger partial charge on any atom is -0.369 e. The Hall–Kier alpha value is -3.00. The van der Waals surface area contributed by atoms with Crippen LogP contribution in [0.15, 0.2) is 30.5 Å². The lowest BCUT2D eigenvalue weighted by molar-refractivity contribution is 0.0939. The molecule has 1 saturated heterocycles. The van der Waals surface area contributed by atoms with Gasteiger partial charge in [0.15, 0.2) is 5.65 Å². The minimum absolute atomic E-state index is 0.180. The Morgan fingerprint density at radius 2 is 1.88 bits per heavy atom. The number of pyridine rings is 1. The molecule has 2 aromatic heterocycles. The SMILES string of the molecule is CCN1CCN(c2ccc(F)cc2C(C)NC(=O)c2cc3cnn(C(C)C)c3nc2C)CC1. The van der Waals surface area contributed by atoms with Crippen LogP contribution in [0.1, 0.15) is 61.4 Å². The third-order valence-electron chi connectivity index (χ3n) is 6.46. The van der Waals surface area contributed by atoms with Crippen LogP contribution in [0.2, 0.25) is 0 Å². The van der Waals surface area contributed by atoms with Gasteiger partial charge >= 0.3 is 0 Å². The van der Waals surface area contributed by atoms with Gasteiger partial charge in [0.05, 0.1) is 23.5 Å². The van der Waals surface area contributed by atoms with Crippen LogP contribution >= 0.6 is 0 Å². The summed E-state index contributed by atoms with van der Waals surface area (Å²) >= 11 is 0. The number of piperazine rings is 1. The van der Waals surface area contributed by atoms with Crippen molar-refractivity contribution in [1.29, 1.82) is 0 Å². The van der Waals surface area contributed by atoms with Crippen LogP contribution in [-0.4, -0.2) is 58.3 Å². The summed E-state index contributed by atoms with van der Waals surface area (Å²) in [5, 5.41) is 8.29. The summed E-state index contributed by atoms with van der Waals surface area (Å²) in [6.45, 7) is 14.7. The number of carbonyl (C=O) groups is 1. The summed E-state index contributed by atoms with van der Waals surface area (Å²) in [5.74, 6) is -0.528. The largest absolute Gasteiger partial charge is 0.369 e. The third-order valence-corrected chi connectivity index (χ3v) is 6.46. The highest BCUT2D eigenvalue weighted by atomic mass is 19.1. The lowest BCUT2D eigenvalue weighted by Gasteiger charge is -2.37. The quantitative estimate of drug-likeness (QED) is 0.610. The third kappa shape index (κ3) is 4.71. The summed E-state index contributed by atoms with van der Waals surface area (Å²) in [6.07, 6.45) is 1.74. The van der Waals surface area contributed by atoms with Gasteiger partial charge in [0.25, 0.3) is 5.91 Å². The molecule has 0 saturated carbocycles. The molecular formula is C25H33FN6O. The number of benzene rings is 1. The van der Waals surface area contributed by atoms with E-state index in [-0.39, 0.29) is 23.8 Å². The van der Waals surface area contributed by atoms with E-state index < -0.39 is 0 Å². The number of nitrogens with zero attached hydrogens (tertiary/aromatic N) is 5. The van der Waals surface area contributed by atoms with Crippen LogP contribution in [-0.2, 0) is 0 Å². The van der Waals surface area contributed by atoms with Gasteiger partial charge in [0.1, 0.15) is 5.82 Å². The van der Waals surface area contributed by atoms with Crippen molar-refractivity contribution in [1.82, 2.24) is 25.0 Å². The fourth-order valence-electron chi connectivity index (χ4n) is 4.49. The molecule has 3 aromatic rings. The molecule has 1 aliphatic rings. The number of hydrogen-bond donors (Lipinski definition) is 1. The van der Waals surface area contributed by atoms with Gasteiger partial charge in [0.2, 0.25) is 0 Å². The number of amides is 1. The Bertz CT molecular complexity index is 1150. The summed E-state index contributed by atoms with van der Waals surface area (Å²) in [7, 11) is 0. The molecule has 1 fully saturated rings. The van der Waals surface area contributed by atoms with E-state index in [0.717, 1.165) is 55.0 Å². The van der Waals surface area contributed by atoms with Gasteiger partial charge in [0, 0.05) is 48.9 Å². The Morgan fingerprint density at radius 3 is 2.55 bits per heavy atom. The highest BCUT2D eigenvalue weighted by molar-refractivity contribution is 5.98. The van der Waals surface area contributed by atoms with E-state index in [1.54, 1.807) is 6.20 Å². The topological polar surface area (TPSA) is 66.3 Å². The molecule has 1 atom stereocenters. The molecule has 4 rings (SSSR count). The van der Waals surface area contributed by atoms with E-state index in [2.05, 4.69) is 32.1 Å². The summed E-state index contributed by atoms with van der Waals surface area (Å²) in [5.41, 5.74) is 3.68. The molecule has 1 amide bonds. The number of halogens is 1. The standard InChI is InChI=1S/C25H33FN6O/c1-6-30-9-11-31(12-10-30)23-8-7-20(26)14-21(23)17(4)29-25(33)22-13-19-15-27-32(16(2)3)24(19)28-18(22)5/h7-8,13-17H,6,9-12H2,1-5H3,(H,29,33). The van der Waals surface area contributed by atoms with Crippen LogP contribution in [0.5, 0.6) is 0 Å². The molecular weight excluding hydrogens is 419 g/mol. The van der Waals surface area contributed by atoms with Crippen molar-refractivity contribution in [3.63, 3.8) is 0 Å². The Balaban J connectivity index is 1.57. The van der Waals surface area contributed by atoms with Crippen molar-refractivity contribution in [3.8, 4) is 0 Å². The molecule has 3 heterocycles.